The van der Waals surface area contributed by atoms with Gasteiger partial charge in [0.15, 0.2) is 17.2 Å². The summed E-state index contributed by atoms with van der Waals surface area (Å²) in [6.07, 6.45) is 21.2. The number of rotatable bonds is 16. The summed E-state index contributed by atoms with van der Waals surface area (Å²) in [6, 6.07) is 1.69. The zero-order chi connectivity index (χ0) is 24.2. The lowest BCUT2D eigenvalue weighted by Crippen LogP contribution is -1.95. The highest BCUT2D eigenvalue weighted by molar-refractivity contribution is 5.89. The highest BCUT2D eigenvalue weighted by Gasteiger charge is 2.11. The van der Waals surface area contributed by atoms with Crippen LogP contribution in [-0.4, -0.2) is 37.5 Å². The Bertz CT molecular complexity index is 660. The zero-order valence-electron chi connectivity index (χ0n) is 19.3. The first-order valence-electron chi connectivity index (χ1n) is 11.6. The lowest BCUT2D eigenvalue weighted by molar-refractivity contribution is -0.137. The third-order valence-electron chi connectivity index (χ3n) is 4.97. The van der Waals surface area contributed by atoms with E-state index in [4.69, 9.17) is 25.5 Å². The number of carboxylic acids is 2. The molecule has 5 N–H and O–H groups in total. The number of unbranched alkanes of at least 4 members (excludes halogenated alkanes) is 11. The third kappa shape index (κ3) is 16.1. The monoisotopic (exact) mass is 452 g/mol. The molecule has 1 aromatic carbocycles. The summed E-state index contributed by atoms with van der Waals surface area (Å²) in [7, 11) is 0. The number of benzene rings is 1. The summed E-state index contributed by atoms with van der Waals surface area (Å²) in [4.78, 5) is 20.6. The van der Waals surface area contributed by atoms with E-state index in [0.29, 0.717) is 6.42 Å². The first kappa shape index (κ1) is 29.3. The van der Waals surface area contributed by atoms with E-state index in [1.165, 1.54) is 70.6 Å². The van der Waals surface area contributed by atoms with Gasteiger partial charge in [-0.15, -0.1) is 0 Å². The second kappa shape index (κ2) is 19.0. The van der Waals surface area contributed by atoms with E-state index in [-0.39, 0.29) is 5.56 Å². The molecule has 0 fully saturated rings. The molecule has 0 spiro atoms. The van der Waals surface area contributed by atoms with Crippen molar-refractivity contribution >= 4 is 11.9 Å². The summed E-state index contributed by atoms with van der Waals surface area (Å²) in [5.74, 6) is -4.00. The van der Waals surface area contributed by atoms with Crippen LogP contribution in [0, 0.1) is 0 Å². The average molecular weight is 453 g/mol. The van der Waals surface area contributed by atoms with Crippen LogP contribution in [0.1, 0.15) is 107 Å². The number of aromatic hydroxyl groups is 3. The van der Waals surface area contributed by atoms with Crippen molar-refractivity contribution in [2.45, 2.75) is 96.8 Å². The summed E-state index contributed by atoms with van der Waals surface area (Å²) in [5.41, 5.74) is -0.289. The minimum Gasteiger partial charge on any atom is -0.504 e. The molecule has 0 radical (unpaired) electrons. The predicted octanol–water partition coefficient (Wildman–Crippen LogP) is 6.61. The Hall–Kier alpha value is -2.70. The van der Waals surface area contributed by atoms with Crippen molar-refractivity contribution in [1.82, 2.24) is 0 Å². The molecule has 0 aromatic heterocycles. The molecule has 1 rings (SSSR count). The van der Waals surface area contributed by atoms with Gasteiger partial charge in [0.05, 0.1) is 5.56 Å². The minimum absolute atomic E-state index is 0.289. The van der Waals surface area contributed by atoms with E-state index in [1.54, 1.807) is 0 Å². The standard InChI is InChI=1S/C18H34O2.C7H6O5/c1-2-3-4-5-6-7-8-9-10-11-12-13-14-15-16-17-18(19)20;8-4-1-3(7(11)12)2-5(9)6(4)10/h9-10H,2-8,11-17H2,1H3,(H,19,20);1-2,8-10H,(H,11,12)/b10-9-;. The van der Waals surface area contributed by atoms with Crippen LogP contribution < -0.4 is 0 Å². The first-order valence-corrected chi connectivity index (χ1v) is 11.6. The van der Waals surface area contributed by atoms with Crippen molar-refractivity contribution in [2.75, 3.05) is 0 Å². The third-order valence-corrected chi connectivity index (χ3v) is 4.97. The van der Waals surface area contributed by atoms with Crippen molar-refractivity contribution in [3.05, 3.63) is 29.8 Å². The van der Waals surface area contributed by atoms with Crippen LogP contribution in [0.4, 0.5) is 0 Å². The van der Waals surface area contributed by atoms with Gasteiger partial charge in [-0.25, -0.2) is 4.79 Å². The molecule has 0 unspecified atom stereocenters. The van der Waals surface area contributed by atoms with Crippen LogP contribution in [0.15, 0.2) is 24.3 Å². The van der Waals surface area contributed by atoms with Crippen molar-refractivity contribution in [3.8, 4) is 17.2 Å². The van der Waals surface area contributed by atoms with E-state index < -0.39 is 29.2 Å². The highest BCUT2D eigenvalue weighted by atomic mass is 16.4. The maximum atomic E-state index is 10.3. The number of aromatic carboxylic acids is 1. The maximum Gasteiger partial charge on any atom is 0.335 e. The summed E-state index contributed by atoms with van der Waals surface area (Å²) in [6.45, 7) is 2.26. The Balaban J connectivity index is 0.000000677. The molecule has 7 heteroatoms. The van der Waals surface area contributed by atoms with Gasteiger partial charge < -0.3 is 25.5 Å². The van der Waals surface area contributed by atoms with E-state index >= 15 is 0 Å². The molecule has 182 valence electrons. The average Bonchev–Trinajstić information content (AvgIpc) is 2.74. The quantitative estimate of drug-likeness (QED) is 0.108. The van der Waals surface area contributed by atoms with Crippen molar-refractivity contribution in [1.29, 1.82) is 0 Å². The molecule has 32 heavy (non-hydrogen) atoms. The van der Waals surface area contributed by atoms with Gasteiger partial charge in [0.1, 0.15) is 0 Å². The predicted molar refractivity (Wildman–Crippen MR) is 125 cm³/mol. The zero-order valence-corrected chi connectivity index (χ0v) is 19.3. The van der Waals surface area contributed by atoms with Crippen LogP contribution in [0.2, 0.25) is 0 Å². The number of aliphatic carboxylic acids is 1. The van der Waals surface area contributed by atoms with Crippen LogP contribution >= 0.6 is 0 Å². The molecule has 0 heterocycles. The Labute approximate surface area is 191 Å². The topological polar surface area (TPSA) is 135 Å². The fourth-order valence-electron chi connectivity index (χ4n) is 3.07. The molecule has 0 aliphatic carbocycles. The molecule has 1 aromatic rings. The fourth-order valence-corrected chi connectivity index (χ4v) is 3.07. The molecular weight excluding hydrogens is 412 g/mol. The Morgan fingerprint density at radius 3 is 1.59 bits per heavy atom. The number of hydrogen-bond acceptors (Lipinski definition) is 5. The van der Waals surface area contributed by atoms with E-state index in [1.807, 2.05) is 0 Å². The normalized spacial score (nSPS) is 10.7. The molecular formula is C25H40O7. The van der Waals surface area contributed by atoms with Crippen LogP contribution in [0.3, 0.4) is 0 Å². The summed E-state index contributed by atoms with van der Waals surface area (Å²) < 4.78 is 0. The number of carboxylic acid groups (broad SMARTS) is 2. The second-order valence-electron chi connectivity index (χ2n) is 7.90. The lowest BCUT2D eigenvalue weighted by atomic mass is 10.1. The van der Waals surface area contributed by atoms with E-state index in [9.17, 15) is 9.59 Å². The summed E-state index contributed by atoms with van der Waals surface area (Å²) >= 11 is 0. The van der Waals surface area contributed by atoms with Gasteiger partial charge in [-0.1, -0.05) is 70.4 Å². The molecule has 0 saturated carbocycles. The lowest BCUT2D eigenvalue weighted by Gasteiger charge is -2.01. The number of phenolic OH excluding ortho intramolecular Hbond substituents is 3. The Morgan fingerprint density at radius 1 is 0.719 bits per heavy atom. The first-order chi connectivity index (χ1) is 15.3. The van der Waals surface area contributed by atoms with Crippen LogP contribution in [0.25, 0.3) is 0 Å². The summed E-state index contributed by atoms with van der Waals surface area (Å²) in [5, 5.41) is 43.5. The van der Waals surface area contributed by atoms with Gasteiger partial charge in [-0.05, 0) is 44.2 Å². The van der Waals surface area contributed by atoms with Gasteiger partial charge in [-0.2, -0.15) is 0 Å². The maximum absolute atomic E-state index is 10.3. The number of hydrogen-bond donors (Lipinski definition) is 5. The van der Waals surface area contributed by atoms with Crippen molar-refractivity contribution in [2.24, 2.45) is 0 Å². The Kier molecular flexibility index (Phi) is 17.4. The van der Waals surface area contributed by atoms with Gasteiger partial charge in [-0.3, -0.25) is 4.79 Å². The molecule has 0 aliphatic heterocycles. The van der Waals surface area contributed by atoms with Gasteiger partial charge in [0, 0.05) is 6.42 Å². The fraction of sp³-hybridized carbons (Fsp3) is 0.600. The number of phenols is 3. The van der Waals surface area contributed by atoms with Crippen molar-refractivity contribution in [3.63, 3.8) is 0 Å². The molecule has 0 saturated heterocycles. The van der Waals surface area contributed by atoms with Crippen LogP contribution in [-0.2, 0) is 4.79 Å². The molecule has 0 atom stereocenters. The number of allylic oxidation sites excluding steroid dienone is 2. The van der Waals surface area contributed by atoms with E-state index in [2.05, 4.69) is 19.1 Å². The molecule has 0 bridgehead atoms. The van der Waals surface area contributed by atoms with Gasteiger partial charge in [0.2, 0.25) is 0 Å². The second-order valence-corrected chi connectivity index (χ2v) is 7.90. The smallest absolute Gasteiger partial charge is 0.335 e. The largest absolute Gasteiger partial charge is 0.504 e. The minimum atomic E-state index is -1.29. The molecule has 0 aliphatic rings. The van der Waals surface area contributed by atoms with Gasteiger partial charge >= 0.3 is 11.9 Å². The van der Waals surface area contributed by atoms with Crippen molar-refractivity contribution < 1.29 is 35.1 Å². The molecule has 7 nitrogen and oxygen atoms in total. The van der Waals surface area contributed by atoms with Crippen LogP contribution in [0.5, 0.6) is 17.2 Å². The number of carbonyl (C=O) groups is 2. The Morgan fingerprint density at radius 2 is 1.16 bits per heavy atom. The van der Waals surface area contributed by atoms with E-state index in [0.717, 1.165) is 25.0 Å². The molecule has 0 amide bonds. The highest BCUT2D eigenvalue weighted by Crippen LogP contribution is 2.35. The van der Waals surface area contributed by atoms with Gasteiger partial charge in [0.25, 0.3) is 0 Å². The SMILES string of the molecule is CCCCCCCC/C=C\CCCCCCCC(=O)O.O=C(O)c1cc(O)c(O)c(O)c1.